The molecule has 0 aliphatic heterocycles. The molecule has 9 nitrogen and oxygen atoms in total. The van der Waals surface area contributed by atoms with Gasteiger partial charge in [0.2, 0.25) is 0 Å². The van der Waals surface area contributed by atoms with Crippen LogP contribution in [0, 0.1) is 13.8 Å². The highest BCUT2D eigenvalue weighted by atomic mass is 16.5. The van der Waals surface area contributed by atoms with E-state index in [9.17, 15) is 14.4 Å². The van der Waals surface area contributed by atoms with Gasteiger partial charge < -0.3 is 14.6 Å². The van der Waals surface area contributed by atoms with Crippen LogP contribution in [-0.4, -0.2) is 32.7 Å². The average molecular weight is 412 g/mol. The third kappa shape index (κ3) is 4.91. The first-order chi connectivity index (χ1) is 14.4. The molecule has 2 heterocycles. The molecular weight excluding hydrogens is 388 g/mol. The van der Waals surface area contributed by atoms with Crippen LogP contribution in [0.25, 0.3) is 10.9 Å². The number of carbonyl (C=O) groups excluding carboxylic acids is 2. The molecule has 0 aliphatic rings. The van der Waals surface area contributed by atoms with Gasteiger partial charge >= 0.3 is 5.97 Å². The number of ether oxygens (including phenoxy) is 1. The molecule has 9 heteroatoms. The van der Waals surface area contributed by atoms with Crippen LogP contribution in [-0.2, 0) is 20.9 Å². The zero-order valence-corrected chi connectivity index (χ0v) is 17.2. The highest BCUT2D eigenvalue weighted by Gasteiger charge is 2.22. The van der Waals surface area contributed by atoms with Crippen LogP contribution in [0.3, 0.4) is 0 Å². The van der Waals surface area contributed by atoms with Crippen LogP contribution in [0.5, 0.6) is 0 Å². The first kappa shape index (κ1) is 21.2. The lowest BCUT2D eigenvalue weighted by molar-refractivity contribution is -0.154. The molecular formula is C21H24N4O5. The Labute approximate surface area is 173 Å². The van der Waals surface area contributed by atoms with E-state index in [-0.39, 0.29) is 17.8 Å². The third-order valence-electron chi connectivity index (χ3n) is 4.65. The van der Waals surface area contributed by atoms with Gasteiger partial charge in [0, 0.05) is 19.0 Å². The molecule has 0 radical (unpaired) electrons. The lowest BCUT2D eigenvalue weighted by Crippen LogP contribution is -2.32. The molecule has 3 aromatic rings. The Morgan fingerprint density at radius 1 is 1.30 bits per heavy atom. The van der Waals surface area contributed by atoms with Crippen molar-refractivity contribution in [3.05, 3.63) is 52.3 Å². The van der Waals surface area contributed by atoms with Crippen LogP contribution >= 0.6 is 0 Å². The highest BCUT2D eigenvalue weighted by molar-refractivity contribution is 5.94. The van der Waals surface area contributed by atoms with Crippen molar-refractivity contribution in [2.75, 3.05) is 5.32 Å². The van der Waals surface area contributed by atoms with Gasteiger partial charge in [0.1, 0.15) is 5.76 Å². The lowest BCUT2D eigenvalue weighted by atomic mass is 10.1. The molecule has 0 saturated heterocycles. The minimum atomic E-state index is -0.928. The van der Waals surface area contributed by atoms with Gasteiger partial charge in [-0.1, -0.05) is 24.2 Å². The van der Waals surface area contributed by atoms with Gasteiger partial charge in [0.05, 0.1) is 17.2 Å². The highest BCUT2D eigenvalue weighted by Crippen LogP contribution is 2.12. The predicted octanol–water partition coefficient (Wildman–Crippen LogP) is 2.74. The number of para-hydroxylation sites is 1. The maximum Gasteiger partial charge on any atom is 0.306 e. The van der Waals surface area contributed by atoms with Crippen molar-refractivity contribution in [1.82, 2.24) is 14.7 Å². The number of nitrogens with one attached hydrogen (secondary N) is 1. The number of nitrogens with zero attached hydrogens (tertiary/aromatic N) is 3. The zero-order valence-electron chi connectivity index (χ0n) is 17.2. The number of carbonyl (C=O) groups is 2. The maximum atomic E-state index is 12.6. The summed E-state index contributed by atoms with van der Waals surface area (Å²) in [7, 11) is 0. The summed E-state index contributed by atoms with van der Waals surface area (Å²) in [6.07, 6.45) is 1.35. The van der Waals surface area contributed by atoms with E-state index < -0.39 is 18.0 Å². The monoisotopic (exact) mass is 412 g/mol. The Balaban J connectivity index is 1.54. The van der Waals surface area contributed by atoms with Crippen molar-refractivity contribution in [1.29, 1.82) is 0 Å². The van der Waals surface area contributed by atoms with Crippen molar-refractivity contribution in [2.45, 2.75) is 52.7 Å². The quantitative estimate of drug-likeness (QED) is 0.565. The van der Waals surface area contributed by atoms with Crippen molar-refractivity contribution < 1.29 is 18.8 Å². The Kier molecular flexibility index (Phi) is 6.61. The number of hydrogen-bond acceptors (Lipinski definition) is 7. The molecule has 0 aliphatic carbocycles. The normalized spacial score (nSPS) is 12.0. The second-order valence-electron chi connectivity index (χ2n) is 7.02. The summed E-state index contributed by atoms with van der Waals surface area (Å²) in [5, 5.41) is 6.79. The van der Waals surface area contributed by atoms with Crippen molar-refractivity contribution in [2.24, 2.45) is 0 Å². The minimum Gasteiger partial charge on any atom is -0.452 e. The zero-order chi connectivity index (χ0) is 21.7. The fourth-order valence-electron chi connectivity index (χ4n) is 3.06. The number of anilines is 1. The van der Waals surface area contributed by atoms with Crippen LogP contribution in [0.15, 0.2) is 39.9 Å². The van der Waals surface area contributed by atoms with Crippen molar-refractivity contribution in [3.63, 3.8) is 0 Å². The summed E-state index contributed by atoms with van der Waals surface area (Å²) in [6, 6.07) is 7.03. The molecule has 1 amide bonds. The smallest absolute Gasteiger partial charge is 0.306 e. The van der Waals surface area contributed by atoms with Gasteiger partial charge in [-0.3, -0.25) is 19.0 Å². The molecule has 1 aromatic carbocycles. The first-order valence-electron chi connectivity index (χ1n) is 9.77. The first-order valence-corrected chi connectivity index (χ1v) is 9.77. The summed E-state index contributed by atoms with van der Waals surface area (Å²) in [5.74, 6) is -0.148. The summed E-state index contributed by atoms with van der Waals surface area (Å²) in [6.45, 7) is 5.68. The summed E-state index contributed by atoms with van der Waals surface area (Å²) >= 11 is 0. The van der Waals surface area contributed by atoms with Crippen LogP contribution < -0.4 is 10.9 Å². The molecule has 1 atom stereocenters. The number of hydrogen-bond donors (Lipinski definition) is 1. The van der Waals surface area contributed by atoms with Gasteiger partial charge in [0.15, 0.2) is 11.9 Å². The Morgan fingerprint density at radius 2 is 2.10 bits per heavy atom. The van der Waals surface area contributed by atoms with Crippen LogP contribution in [0.4, 0.5) is 5.82 Å². The fraction of sp³-hybridized carbons (Fsp3) is 0.381. The number of rotatable bonds is 8. The van der Waals surface area contributed by atoms with E-state index in [1.165, 1.54) is 10.9 Å². The number of esters is 1. The summed E-state index contributed by atoms with van der Waals surface area (Å²) in [4.78, 5) is 41.4. The minimum absolute atomic E-state index is 0.0745. The maximum absolute atomic E-state index is 12.6. The number of aromatic nitrogens is 3. The van der Waals surface area contributed by atoms with Gasteiger partial charge in [-0.05, 0) is 38.3 Å². The largest absolute Gasteiger partial charge is 0.452 e. The topological polar surface area (TPSA) is 116 Å². The van der Waals surface area contributed by atoms with E-state index in [0.29, 0.717) is 36.0 Å². The number of amides is 1. The Hall–Kier alpha value is -3.49. The van der Waals surface area contributed by atoms with E-state index in [2.05, 4.69) is 15.5 Å². The van der Waals surface area contributed by atoms with Crippen LogP contribution in [0.2, 0.25) is 0 Å². The molecule has 0 spiro atoms. The second-order valence-corrected chi connectivity index (χ2v) is 7.02. The molecule has 3 rings (SSSR count). The summed E-state index contributed by atoms with van der Waals surface area (Å²) < 4.78 is 11.7. The number of benzene rings is 1. The van der Waals surface area contributed by atoms with E-state index in [0.717, 1.165) is 5.56 Å². The third-order valence-corrected chi connectivity index (χ3v) is 4.65. The van der Waals surface area contributed by atoms with Crippen LogP contribution in [0.1, 0.15) is 37.5 Å². The van der Waals surface area contributed by atoms with E-state index in [1.54, 1.807) is 26.0 Å². The Bertz CT molecular complexity index is 1120. The van der Waals surface area contributed by atoms with E-state index in [1.807, 2.05) is 19.1 Å². The van der Waals surface area contributed by atoms with Gasteiger partial charge in [-0.2, -0.15) is 0 Å². The predicted molar refractivity (Wildman–Crippen MR) is 110 cm³/mol. The molecule has 0 unspecified atom stereocenters. The number of fused-ring (bicyclic) bond motifs is 1. The van der Waals surface area contributed by atoms with Gasteiger partial charge in [-0.25, -0.2) is 4.98 Å². The molecule has 0 bridgehead atoms. The van der Waals surface area contributed by atoms with E-state index >= 15 is 0 Å². The average Bonchev–Trinajstić information content (AvgIpc) is 3.12. The molecule has 1 N–H and O–H groups in total. The standard InChI is InChI=1S/C21H24N4O5/c1-4-16(20(27)23-17-11-14(3)30-24-17)29-18(26)9-6-10-25-12-22-19-13(2)7-5-8-15(19)21(25)28/h5,7-8,11-12,16H,4,6,9-10H2,1-3H3,(H,23,24,27)/t16-/m0/s1. The Morgan fingerprint density at radius 3 is 2.80 bits per heavy atom. The lowest BCUT2D eigenvalue weighted by Gasteiger charge is -2.15. The van der Waals surface area contributed by atoms with Gasteiger partial charge in [0.25, 0.3) is 11.5 Å². The summed E-state index contributed by atoms with van der Waals surface area (Å²) in [5.41, 5.74) is 1.47. The molecule has 158 valence electrons. The van der Waals surface area contributed by atoms with Crippen molar-refractivity contribution in [3.8, 4) is 0 Å². The second kappa shape index (κ2) is 9.34. The molecule has 0 saturated carbocycles. The molecule has 0 fully saturated rings. The number of aryl methyl sites for hydroxylation is 3. The van der Waals surface area contributed by atoms with Crippen molar-refractivity contribution >= 4 is 28.6 Å². The molecule has 30 heavy (non-hydrogen) atoms. The molecule has 2 aromatic heterocycles. The fourth-order valence-corrected chi connectivity index (χ4v) is 3.06. The SMILES string of the molecule is CC[C@H](OC(=O)CCCn1cnc2c(C)cccc2c1=O)C(=O)Nc1cc(C)on1. The van der Waals surface area contributed by atoms with E-state index in [4.69, 9.17) is 9.26 Å². The van der Waals surface area contributed by atoms with Gasteiger partial charge in [-0.15, -0.1) is 0 Å².